The average Bonchev–Trinajstić information content (AvgIpc) is 2.58. The van der Waals surface area contributed by atoms with Crippen molar-refractivity contribution in [3.63, 3.8) is 0 Å². The lowest BCUT2D eigenvalue weighted by atomic mass is 9.78. The van der Waals surface area contributed by atoms with Gasteiger partial charge in [-0.1, -0.05) is 6.07 Å². The summed E-state index contributed by atoms with van der Waals surface area (Å²) in [6.07, 6.45) is 0.0276. The molecule has 1 saturated heterocycles. The van der Waals surface area contributed by atoms with Crippen LogP contribution in [0.5, 0.6) is 5.75 Å². The van der Waals surface area contributed by atoms with Crippen LogP contribution in [-0.4, -0.2) is 24.4 Å². The van der Waals surface area contributed by atoms with E-state index in [0.29, 0.717) is 11.3 Å². The van der Waals surface area contributed by atoms with Crippen molar-refractivity contribution in [1.82, 2.24) is 0 Å². The maximum atomic E-state index is 9.29. The monoisotopic (exact) mass is 287 g/mol. The van der Waals surface area contributed by atoms with Crippen LogP contribution in [0.2, 0.25) is 0 Å². The number of nitrogens with zero attached hydrogens (tertiary/aromatic N) is 1. The lowest BCUT2D eigenvalue weighted by Gasteiger charge is -2.32. The molecular formula is C16H22BNO3. The Balaban J connectivity index is 2.29. The van der Waals surface area contributed by atoms with Crippen LogP contribution in [0.1, 0.15) is 47.1 Å². The molecule has 0 radical (unpaired) electrons. The van der Waals surface area contributed by atoms with E-state index < -0.39 is 18.3 Å². The molecule has 0 saturated carbocycles. The van der Waals surface area contributed by atoms with E-state index in [4.69, 9.17) is 14.0 Å². The highest BCUT2D eigenvalue weighted by Gasteiger charge is 2.51. The maximum Gasteiger partial charge on any atom is 0.494 e. The van der Waals surface area contributed by atoms with Gasteiger partial charge in [0.15, 0.2) is 0 Å². The van der Waals surface area contributed by atoms with Crippen molar-refractivity contribution < 1.29 is 14.0 Å². The molecule has 1 aromatic rings. The van der Waals surface area contributed by atoms with E-state index in [1.807, 2.05) is 47.6 Å². The van der Waals surface area contributed by atoms with Crippen LogP contribution in [-0.2, 0) is 9.31 Å². The van der Waals surface area contributed by atoms with Crippen molar-refractivity contribution in [3.05, 3.63) is 23.8 Å². The highest BCUT2D eigenvalue weighted by Crippen LogP contribution is 2.36. The number of nitriles is 1. The van der Waals surface area contributed by atoms with Gasteiger partial charge in [0, 0.05) is 0 Å². The molecule has 1 aromatic carbocycles. The molecule has 0 bridgehead atoms. The molecule has 21 heavy (non-hydrogen) atoms. The first kappa shape index (κ1) is 15.9. The van der Waals surface area contributed by atoms with Crippen LogP contribution in [0.4, 0.5) is 0 Å². The van der Waals surface area contributed by atoms with Crippen molar-refractivity contribution in [2.45, 2.75) is 58.8 Å². The summed E-state index contributed by atoms with van der Waals surface area (Å²) in [6, 6.07) is 7.64. The van der Waals surface area contributed by atoms with Gasteiger partial charge in [-0.3, -0.25) is 0 Å². The molecule has 0 spiro atoms. The molecule has 0 unspecified atom stereocenters. The Morgan fingerprint density at radius 2 is 1.71 bits per heavy atom. The maximum absolute atomic E-state index is 9.29. The van der Waals surface area contributed by atoms with E-state index in [2.05, 4.69) is 6.07 Å². The van der Waals surface area contributed by atoms with Crippen molar-refractivity contribution in [1.29, 1.82) is 5.26 Å². The second-order valence-electron chi connectivity index (χ2n) is 6.62. The van der Waals surface area contributed by atoms with Gasteiger partial charge in [0.1, 0.15) is 11.8 Å². The summed E-state index contributed by atoms with van der Waals surface area (Å²) >= 11 is 0. The van der Waals surface area contributed by atoms with Gasteiger partial charge in [-0.15, -0.1) is 0 Å². The molecule has 0 aromatic heterocycles. The second kappa shape index (κ2) is 5.36. The summed E-state index contributed by atoms with van der Waals surface area (Å²) in [6.45, 7) is 11.9. The largest absolute Gasteiger partial charge is 0.494 e. The van der Waals surface area contributed by atoms with Crippen molar-refractivity contribution in [2.75, 3.05) is 0 Å². The summed E-state index contributed by atoms with van der Waals surface area (Å²) in [5, 5.41) is 9.29. The second-order valence-corrected chi connectivity index (χ2v) is 6.62. The molecule has 0 amide bonds. The Bertz CT molecular complexity index is 559. The average molecular weight is 287 g/mol. The smallest absolute Gasteiger partial charge is 0.490 e. The van der Waals surface area contributed by atoms with Crippen LogP contribution < -0.4 is 10.2 Å². The fraction of sp³-hybridized carbons (Fsp3) is 0.562. The molecule has 4 nitrogen and oxygen atoms in total. The summed E-state index contributed by atoms with van der Waals surface area (Å²) < 4.78 is 17.6. The lowest BCUT2D eigenvalue weighted by Crippen LogP contribution is -2.41. The number of rotatable bonds is 3. The zero-order valence-corrected chi connectivity index (χ0v) is 13.6. The van der Waals surface area contributed by atoms with E-state index in [-0.39, 0.29) is 6.10 Å². The molecular weight excluding hydrogens is 265 g/mol. The SMILES string of the molecule is CC(C)Oc1ccc(B2OC(C)(C)C(C)(C)O2)cc1C#N. The van der Waals surface area contributed by atoms with Crippen molar-refractivity contribution in [2.24, 2.45) is 0 Å². The van der Waals surface area contributed by atoms with Gasteiger partial charge >= 0.3 is 7.12 Å². The molecule has 1 aliphatic heterocycles. The van der Waals surface area contributed by atoms with Gasteiger partial charge in [-0.25, -0.2) is 0 Å². The highest BCUT2D eigenvalue weighted by molar-refractivity contribution is 6.62. The standard InChI is InChI=1S/C16H22BNO3/c1-11(2)19-14-8-7-13(9-12(14)10-18)17-20-15(3,4)16(5,6)21-17/h7-9,11H,1-6H3. The third kappa shape index (κ3) is 3.07. The fourth-order valence-corrected chi connectivity index (χ4v) is 2.12. The van der Waals surface area contributed by atoms with Gasteiger partial charge in [0.2, 0.25) is 0 Å². The van der Waals surface area contributed by atoms with Crippen molar-refractivity contribution >= 4 is 12.6 Å². The van der Waals surface area contributed by atoms with E-state index >= 15 is 0 Å². The molecule has 1 aliphatic rings. The molecule has 112 valence electrons. The van der Waals surface area contributed by atoms with E-state index in [1.54, 1.807) is 12.1 Å². The molecule has 1 heterocycles. The normalized spacial score (nSPS) is 19.6. The molecule has 0 atom stereocenters. The zero-order valence-electron chi connectivity index (χ0n) is 13.6. The first-order valence-electron chi connectivity index (χ1n) is 7.22. The first-order valence-corrected chi connectivity index (χ1v) is 7.22. The van der Waals surface area contributed by atoms with E-state index in [9.17, 15) is 5.26 Å². The predicted octanol–water partition coefficient (Wildman–Crippen LogP) is 2.64. The summed E-state index contributed by atoms with van der Waals surface area (Å²) in [5.41, 5.74) is 0.548. The van der Waals surface area contributed by atoms with E-state index in [0.717, 1.165) is 5.46 Å². The Morgan fingerprint density at radius 1 is 1.14 bits per heavy atom. The topological polar surface area (TPSA) is 51.5 Å². The Kier molecular flexibility index (Phi) is 4.05. The summed E-state index contributed by atoms with van der Waals surface area (Å²) in [4.78, 5) is 0. The minimum atomic E-state index is -0.463. The van der Waals surface area contributed by atoms with Crippen LogP contribution in [0.25, 0.3) is 0 Å². The van der Waals surface area contributed by atoms with Gasteiger partial charge in [-0.2, -0.15) is 5.26 Å². The first-order chi connectivity index (χ1) is 9.66. The highest BCUT2D eigenvalue weighted by atomic mass is 16.7. The lowest BCUT2D eigenvalue weighted by molar-refractivity contribution is 0.00578. The zero-order chi connectivity index (χ0) is 15.8. The molecule has 2 rings (SSSR count). The van der Waals surface area contributed by atoms with Crippen LogP contribution in [0, 0.1) is 11.3 Å². The Hall–Kier alpha value is -1.51. The van der Waals surface area contributed by atoms with E-state index in [1.165, 1.54) is 0 Å². The predicted molar refractivity (Wildman–Crippen MR) is 82.6 cm³/mol. The minimum Gasteiger partial charge on any atom is -0.490 e. The van der Waals surface area contributed by atoms with Gasteiger partial charge in [-0.05, 0) is 59.1 Å². The molecule has 5 heteroatoms. The third-order valence-electron chi connectivity index (χ3n) is 4.01. The number of hydrogen-bond donors (Lipinski definition) is 0. The number of ether oxygens (including phenoxy) is 1. The summed E-state index contributed by atoms with van der Waals surface area (Å²) in [7, 11) is -0.463. The summed E-state index contributed by atoms with van der Waals surface area (Å²) in [5.74, 6) is 0.591. The van der Waals surface area contributed by atoms with Crippen LogP contribution >= 0.6 is 0 Å². The third-order valence-corrected chi connectivity index (χ3v) is 4.01. The molecule has 1 fully saturated rings. The van der Waals surface area contributed by atoms with Crippen LogP contribution in [0.15, 0.2) is 18.2 Å². The molecule has 0 N–H and O–H groups in total. The van der Waals surface area contributed by atoms with Gasteiger partial charge in [0.05, 0.1) is 22.9 Å². The van der Waals surface area contributed by atoms with Gasteiger partial charge < -0.3 is 14.0 Å². The molecule has 0 aliphatic carbocycles. The fourth-order valence-electron chi connectivity index (χ4n) is 2.12. The van der Waals surface area contributed by atoms with Crippen molar-refractivity contribution in [3.8, 4) is 11.8 Å². The number of hydrogen-bond acceptors (Lipinski definition) is 4. The van der Waals surface area contributed by atoms with Crippen LogP contribution in [0.3, 0.4) is 0 Å². The Morgan fingerprint density at radius 3 is 2.19 bits per heavy atom. The quantitative estimate of drug-likeness (QED) is 0.802. The Labute approximate surface area is 127 Å². The minimum absolute atomic E-state index is 0.0276. The van der Waals surface area contributed by atoms with Gasteiger partial charge in [0.25, 0.3) is 0 Å². The number of benzene rings is 1.